The number of aliphatic hydroxyl groups excluding tert-OH is 1. The van der Waals surface area contributed by atoms with Gasteiger partial charge in [0.2, 0.25) is 0 Å². The zero-order valence-electron chi connectivity index (χ0n) is 16.4. The van der Waals surface area contributed by atoms with Gasteiger partial charge in [-0.05, 0) is 17.0 Å². The van der Waals surface area contributed by atoms with Crippen molar-refractivity contribution < 1.29 is 19.4 Å². The number of amides is 1. The van der Waals surface area contributed by atoms with Gasteiger partial charge in [0.1, 0.15) is 5.76 Å². The minimum atomic E-state index is -0.671. The quantitative estimate of drug-likeness (QED) is 0.470. The summed E-state index contributed by atoms with van der Waals surface area (Å²) < 4.78 is 5.12. The molecule has 0 bridgehead atoms. The van der Waals surface area contributed by atoms with Crippen molar-refractivity contribution in [3.63, 3.8) is 0 Å². The molecule has 28 heavy (non-hydrogen) atoms. The molecule has 2 aromatic rings. The second-order valence-electron chi connectivity index (χ2n) is 7.17. The molecule has 146 valence electrons. The van der Waals surface area contributed by atoms with E-state index in [1.165, 1.54) is 10.5 Å². The number of rotatable bonds is 6. The van der Waals surface area contributed by atoms with Crippen molar-refractivity contribution in [2.24, 2.45) is 0 Å². The van der Waals surface area contributed by atoms with Crippen molar-refractivity contribution in [1.29, 1.82) is 0 Å². The summed E-state index contributed by atoms with van der Waals surface area (Å²) in [6.07, 6.45) is 0. The van der Waals surface area contributed by atoms with Gasteiger partial charge in [-0.3, -0.25) is 9.59 Å². The zero-order valence-corrected chi connectivity index (χ0v) is 16.4. The number of methoxy groups -OCH3 is 1. The van der Waals surface area contributed by atoms with Gasteiger partial charge >= 0.3 is 0 Å². The van der Waals surface area contributed by atoms with Gasteiger partial charge in [-0.25, -0.2) is 0 Å². The third-order valence-corrected chi connectivity index (χ3v) is 5.04. The Bertz CT molecular complexity index is 885. The molecule has 1 saturated heterocycles. The lowest BCUT2D eigenvalue weighted by Gasteiger charge is -2.25. The van der Waals surface area contributed by atoms with Crippen molar-refractivity contribution in [2.75, 3.05) is 20.3 Å². The number of likely N-dealkylation sites (tertiary alicyclic amines) is 1. The van der Waals surface area contributed by atoms with Crippen LogP contribution in [-0.2, 0) is 14.3 Å². The summed E-state index contributed by atoms with van der Waals surface area (Å²) in [4.78, 5) is 27.0. The molecular weight excluding hydrogens is 354 g/mol. The van der Waals surface area contributed by atoms with Crippen LogP contribution in [0.1, 0.15) is 42.5 Å². The predicted molar refractivity (Wildman–Crippen MR) is 108 cm³/mol. The Labute approximate surface area is 165 Å². The van der Waals surface area contributed by atoms with Crippen molar-refractivity contribution in [1.82, 2.24) is 4.90 Å². The first-order chi connectivity index (χ1) is 13.5. The van der Waals surface area contributed by atoms with Crippen molar-refractivity contribution in [2.45, 2.75) is 25.8 Å². The average molecular weight is 379 g/mol. The van der Waals surface area contributed by atoms with Gasteiger partial charge in [-0.15, -0.1) is 0 Å². The number of carbonyl (C=O) groups is 2. The molecule has 5 nitrogen and oxygen atoms in total. The third kappa shape index (κ3) is 3.71. The standard InChI is InChI=1S/C23H25NO4/c1-15(2)16-9-11-17(12-10-16)20-19(21(25)18-7-5-4-6-8-18)22(26)23(27)24(20)13-14-28-3/h4-12,15,20,25H,13-14H2,1-3H3/b21-19-. The van der Waals surface area contributed by atoms with Crippen molar-refractivity contribution in [3.8, 4) is 0 Å². The fourth-order valence-corrected chi connectivity index (χ4v) is 3.46. The van der Waals surface area contributed by atoms with E-state index in [-0.39, 0.29) is 17.9 Å². The maximum Gasteiger partial charge on any atom is 0.295 e. The SMILES string of the molecule is COCCN1C(=O)C(=O)/C(=C(\O)c2ccccc2)C1c1ccc(C(C)C)cc1. The lowest BCUT2D eigenvalue weighted by Crippen LogP contribution is -2.32. The molecule has 1 unspecified atom stereocenters. The minimum absolute atomic E-state index is 0.115. The van der Waals surface area contributed by atoms with Crippen LogP contribution in [0.25, 0.3) is 5.76 Å². The van der Waals surface area contributed by atoms with Crippen LogP contribution in [0.5, 0.6) is 0 Å². The Hall–Kier alpha value is -2.92. The maximum atomic E-state index is 12.8. The molecule has 2 aromatic carbocycles. The van der Waals surface area contributed by atoms with Crippen LogP contribution in [0.2, 0.25) is 0 Å². The Morgan fingerprint density at radius 3 is 2.29 bits per heavy atom. The minimum Gasteiger partial charge on any atom is -0.507 e. The highest BCUT2D eigenvalue weighted by atomic mass is 16.5. The van der Waals surface area contributed by atoms with E-state index in [1.54, 1.807) is 31.4 Å². The Morgan fingerprint density at radius 2 is 1.71 bits per heavy atom. The van der Waals surface area contributed by atoms with E-state index < -0.39 is 17.7 Å². The number of ether oxygens (including phenoxy) is 1. The number of aliphatic hydroxyl groups is 1. The fraction of sp³-hybridized carbons (Fsp3) is 0.304. The van der Waals surface area contributed by atoms with Gasteiger partial charge in [0.15, 0.2) is 0 Å². The van der Waals surface area contributed by atoms with E-state index in [9.17, 15) is 14.7 Å². The largest absolute Gasteiger partial charge is 0.507 e. The van der Waals surface area contributed by atoms with E-state index in [1.807, 2.05) is 30.3 Å². The molecule has 1 aliphatic rings. The summed E-state index contributed by atoms with van der Waals surface area (Å²) in [5.74, 6) is -1.07. The molecule has 1 N–H and O–H groups in total. The summed E-state index contributed by atoms with van der Waals surface area (Å²) in [7, 11) is 1.55. The molecule has 1 aliphatic heterocycles. The Morgan fingerprint density at radius 1 is 1.07 bits per heavy atom. The van der Waals surface area contributed by atoms with Crippen LogP contribution in [0, 0.1) is 0 Å². The van der Waals surface area contributed by atoms with Crippen LogP contribution in [0.3, 0.4) is 0 Å². The first kappa shape index (κ1) is 19.8. The molecule has 0 saturated carbocycles. The molecule has 1 heterocycles. The van der Waals surface area contributed by atoms with Gasteiger partial charge < -0.3 is 14.7 Å². The molecule has 0 aromatic heterocycles. The Kier molecular flexibility index (Phi) is 5.95. The number of nitrogens with zero attached hydrogens (tertiary/aromatic N) is 1. The first-order valence-electron chi connectivity index (χ1n) is 9.38. The van der Waals surface area contributed by atoms with Crippen LogP contribution in [0.15, 0.2) is 60.2 Å². The second-order valence-corrected chi connectivity index (χ2v) is 7.17. The van der Waals surface area contributed by atoms with Crippen LogP contribution in [0.4, 0.5) is 0 Å². The first-order valence-corrected chi connectivity index (χ1v) is 9.38. The normalized spacial score (nSPS) is 18.9. The molecular formula is C23H25NO4. The van der Waals surface area contributed by atoms with Gasteiger partial charge in [-0.2, -0.15) is 0 Å². The van der Waals surface area contributed by atoms with E-state index in [2.05, 4.69) is 13.8 Å². The molecule has 0 aliphatic carbocycles. The molecule has 1 amide bonds. The molecule has 0 radical (unpaired) electrons. The number of hydrogen-bond acceptors (Lipinski definition) is 4. The smallest absolute Gasteiger partial charge is 0.295 e. The van der Waals surface area contributed by atoms with Crippen LogP contribution >= 0.6 is 0 Å². The van der Waals surface area contributed by atoms with E-state index in [4.69, 9.17) is 4.74 Å². The van der Waals surface area contributed by atoms with Gasteiger partial charge in [0, 0.05) is 19.2 Å². The number of ketones is 1. The van der Waals surface area contributed by atoms with Gasteiger partial charge in [0.05, 0.1) is 18.2 Å². The van der Waals surface area contributed by atoms with Crippen LogP contribution in [-0.4, -0.2) is 42.0 Å². The highest BCUT2D eigenvalue weighted by Gasteiger charge is 2.45. The second kappa shape index (κ2) is 8.40. The molecule has 3 rings (SSSR count). The van der Waals surface area contributed by atoms with Gasteiger partial charge in [-0.1, -0.05) is 68.4 Å². The summed E-state index contributed by atoms with van der Waals surface area (Å²) >= 11 is 0. The highest BCUT2D eigenvalue weighted by molar-refractivity contribution is 6.46. The summed E-state index contributed by atoms with van der Waals surface area (Å²) in [6, 6.07) is 16.0. The average Bonchev–Trinajstić information content (AvgIpc) is 2.97. The summed E-state index contributed by atoms with van der Waals surface area (Å²) in [5.41, 5.74) is 2.58. The van der Waals surface area contributed by atoms with Gasteiger partial charge in [0.25, 0.3) is 11.7 Å². The molecule has 0 spiro atoms. The van der Waals surface area contributed by atoms with Crippen molar-refractivity contribution >= 4 is 17.4 Å². The number of Topliss-reactive ketones (excluding diaryl/α,β-unsaturated/α-hetero) is 1. The number of benzene rings is 2. The van der Waals surface area contributed by atoms with Crippen LogP contribution < -0.4 is 0 Å². The van der Waals surface area contributed by atoms with E-state index in [0.717, 1.165) is 5.56 Å². The van der Waals surface area contributed by atoms with Crippen molar-refractivity contribution in [3.05, 3.63) is 76.9 Å². The molecule has 1 atom stereocenters. The topological polar surface area (TPSA) is 66.8 Å². The third-order valence-electron chi connectivity index (χ3n) is 5.04. The zero-order chi connectivity index (χ0) is 20.3. The summed E-state index contributed by atoms with van der Waals surface area (Å²) in [6.45, 7) is 4.78. The highest BCUT2D eigenvalue weighted by Crippen LogP contribution is 2.39. The lowest BCUT2D eigenvalue weighted by molar-refractivity contribution is -0.140. The number of carbonyl (C=O) groups excluding carboxylic acids is 2. The molecule has 1 fully saturated rings. The predicted octanol–water partition coefficient (Wildman–Crippen LogP) is 3.88. The van der Waals surface area contributed by atoms with E-state index >= 15 is 0 Å². The maximum absolute atomic E-state index is 12.8. The molecule has 5 heteroatoms. The summed E-state index contributed by atoms with van der Waals surface area (Å²) in [5, 5.41) is 10.9. The lowest BCUT2D eigenvalue weighted by atomic mass is 9.93. The Balaban J connectivity index is 2.12. The monoisotopic (exact) mass is 379 g/mol. The fourth-order valence-electron chi connectivity index (χ4n) is 3.46. The van der Waals surface area contributed by atoms with E-state index in [0.29, 0.717) is 18.1 Å². The number of hydrogen-bond donors (Lipinski definition) is 1.